The third-order valence-electron chi connectivity index (χ3n) is 2.82. The van der Waals surface area contributed by atoms with Crippen LogP contribution < -0.4 is 10.1 Å². The molecule has 0 atom stereocenters. The maximum atomic E-state index is 12.5. The molecule has 0 radical (unpaired) electrons. The number of nitrogens with zero attached hydrogens (tertiary/aromatic N) is 2. The smallest absolute Gasteiger partial charge is 0.433 e. The minimum atomic E-state index is -4.47. The summed E-state index contributed by atoms with van der Waals surface area (Å²) in [6, 6.07) is 8.29. The topological polar surface area (TPSA) is 47.0 Å². The largest absolute Gasteiger partial charge is 0.496 e. The van der Waals surface area contributed by atoms with Gasteiger partial charge in [0.05, 0.1) is 7.11 Å². The minimum Gasteiger partial charge on any atom is -0.496 e. The maximum Gasteiger partial charge on any atom is 0.433 e. The van der Waals surface area contributed by atoms with Gasteiger partial charge >= 0.3 is 6.18 Å². The first-order valence-corrected chi connectivity index (χ1v) is 6.26. The summed E-state index contributed by atoms with van der Waals surface area (Å²) in [7, 11) is 1.57. The normalized spacial score (nSPS) is 11.2. The molecule has 2 rings (SSSR count). The Morgan fingerprint density at radius 1 is 1.19 bits per heavy atom. The number of anilines is 1. The van der Waals surface area contributed by atoms with E-state index in [2.05, 4.69) is 15.3 Å². The van der Waals surface area contributed by atoms with Crippen molar-refractivity contribution in [1.82, 2.24) is 9.97 Å². The lowest BCUT2D eigenvalue weighted by Gasteiger charge is -2.10. The summed E-state index contributed by atoms with van der Waals surface area (Å²) in [5, 5.41) is 2.78. The Bertz CT molecular complexity index is 602. The molecule has 1 N–H and O–H groups in total. The molecule has 0 saturated carbocycles. The summed E-state index contributed by atoms with van der Waals surface area (Å²) in [4.78, 5) is 7.21. The standard InChI is InChI=1S/C14H14F3N3O/c1-21-11-5-3-2-4-10(11)6-8-18-13-19-9-7-12(20-13)14(15,16)17/h2-5,7,9H,6,8H2,1H3,(H,18,19,20). The van der Waals surface area contributed by atoms with Gasteiger partial charge in [0.1, 0.15) is 11.4 Å². The van der Waals surface area contributed by atoms with Crippen LogP contribution in [0.5, 0.6) is 5.75 Å². The second-order valence-corrected chi connectivity index (χ2v) is 4.25. The molecule has 21 heavy (non-hydrogen) atoms. The van der Waals surface area contributed by atoms with Gasteiger partial charge in [0.15, 0.2) is 0 Å². The lowest BCUT2D eigenvalue weighted by molar-refractivity contribution is -0.141. The highest BCUT2D eigenvalue weighted by Crippen LogP contribution is 2.27. The fourth-order valence-electron chi connectivity index (χ4n) is 1.82. The molecule has 0 aliphatic rings. The van der Waals surface area contributed by atoms with Crippen LogP contribution in [0.4, 0.5) is 19.1 Å². The van der Waals surface area contributed by atoms with Gasteiger partial charge in [0, 0.05) is 12.7 Å². The Morgan fingerprint density at radius 2 is 1.95 bits per heavy atom. The number of alkyl halides is 3. The summed E-state index contributed by atoms with van der Waals surface area (Å²) in [6.45, 7) is 0.404. The van der Waals surface area contributed by atoms with Gasteiger partial charge in [-0.2, -0.15) is 13.2 Å². The van der Waals surface area contributed by atoms with Crippen molar-refractivity contribution in [1.29, 1.82) is 0 Å². The molecule has 0 spiro atoms. The Morgan fingerprint density at radius 3 is 2.67 bits per heavy atom. The van der Waals surface area contributed by atoms with E-state index < -0.39 is 11.9 Å². The van der Waals surface area contributed by atoms with E-state index in [0.29, 0.717) is 13.0 Å². The van der Waals surface area contributed by atoms with Crippen LogP contribution >= 0.6 is 0 Å². The third kappa shape index (κ3) is 4.08. The Labute approximate surface area is 120 Å². The fourth-order valence-corrected chi connectivity index (χ4v) is 1.82. The molecular formula is C14H14F3N3O. The zero-order valence-electron chi connectivity index (χ0n) is 11.3. The van der Waals surface area contributed by atoms with Crippen molar-refractivity contribution in [2.24, 2.45) is 0 Å². The third-order valence-corrected chi connectivity index (χ3v) is 2.82. The second-order valence-electron chi connectivity index (χ2n) is 4.25. The summed E-state index contributed by atoms with van der Waals surface area (Å²) < 4.78 is 42.8. The van der Waals surface area contributed by atoms with Crippen molar-refractivity contribution in [3.63, 3.8) is 0 Å². The number of rotatable bonds is 5. The summed E-state index contributed by atoms with van der Waals surface area (Å²) in [5.74, 6) is 0.698. The van der Waals surface area contributed by atoms with Crippen LogP contribution in [-0.4, -0.2) is 23.6 Å². The van der Waals surface area contributed by atoms with E-state index in [0.717, 1.165) is 23.6 Å². The molecular weight excluding hydrogens is 283 g/mol. The van der Waals surface area contributed by atoms with Gasteiger partial charge < -0.3 is 10.1 Å². The number of benzene rings is 1. The molecule has 4 nitrogen and oxygen atoms in total. The van der Waals surface area contributed by atoms with Crippen molar-refractivity contribution < 1.29 is 17.9 Å². The zero-order valence-corrected chi connectivity index (χ0v) is 11.3. The van der Waals surface area contributed by atoms with Crippen molar-refractivity contribution in [2.75, 3.05) is 19.0 Å². The van der Waals surface area contributed by atoms with Crippen LogP contribution in [0.3, 0.4) is 0 Å². The number of halogens is 3. The number of hydrogen-bond acceptors (Lipinski definition) is 4. The Balaban J connectivity index is 1.98. The lowest BCUT2D eigenvalue weighted by Crippen LogP contribution is -2.13. The van der Waals surface area contributed by atoms with Crippen molar-refractivity contribution >= 4 is 5.95 Å². The number of methoxy groups -OCH3 is 1. The van der Waals surface area contributed by atoms with Crippen LogP contribution in [0, 0.1) is 0 Å². The highest BCUT2D eigenvalue weighted by molar-refractivity contribution is 5.34. The highest BCUT2D eigenvalue weighted by atomic mass is 19.4. The molecule has 0 amide bonds. The number of ether oxygens (including phenoxy) is 1. The van der Waals surface area contributed by atoms with Crippen LogP contribution in [0.2, 0.25) is 0 Å². The maximum absolute atomic E-state index is 12.5. The first-order chi connectivity index (χ1) is 10.0. The minimum absolute atomic E-state index is 0.0419. The van der Waals surface area contributed by atoms with E-state index in [-0.39, 0.29) is 5.95 Å². The Kier molecular flexibility index (Phi) is 4.62. The molecule has 112 valence electrons. The molecule has 0 fully saturated rings. The molecule has 0 aliphatic carbocycles. The van der Waals surface area contributed by atoms with E-state index in [1.807, 2.05) is 24.3 Å². The van der Waals surface area contributed by atoms with Gasteiger partial charge in [-0.15, -0.1) is 0 Å². The van der Waals surface area contributed by atoms with Crippen molar-refractivity contribution in [2.45, 2.75) is 12.6 Å². The molecule has 1 aromatic carbocycles. The predicted molar refractivity (Wildman–Crippen MR) is 72.2 cm³/mol. The summed E-state index contributed by atoms with van der Waals surface area (Å²) in [6.07, 6.45) is -2.80. The molecule has 1 heterocycles. The number of nitrogens with one attached hydrogen (secondary N) is 1. The quantitative estimate of drug-likeness (QED) is 0.921. The van der Waals surface area contributed by atoms with Crippen LogP contribution in [0.1, 0.15) is 11.3 Å². The fraction of sp³-hybridized carbons (Fsp3) is 0.286. The Hall–Kier alpha value is -2.31. The van der Waals surface area contributed by atoms with Gasteiger partial charge in [-0.25, -0.2) is 9.97 Å². The predicted octanol–water partition coefficient (Wildman–Crippen LogP) is 3.16. The van der Waals surface area contributed by atoms with E-state index >= 15 is 0 Å². The molecule has 0 unspecified atom stereocenters. The van der Waals surface area contributed by atoms with E-state index in [1.54, 1.807) is 7.11 Å². The summed E-state index contributed by atoms with van der Waals surface area (Å²) >= 11 is 0. The lowest BCUT2D eigenvalue weighted by atomic mass is 10.1. The molecule has 2 aromatic rings. The van der Waals surface area contributed by atoms with E-state index in [1.165, 1.54) is 0 Å². The van der Waals surface area contributed by atoms with Crippen LogP contribution in [0.25, 0.3) is 0 Å². The van der Waals surface area contributed by atoms with Crippen molar-refractivity contribution in [3.8, 4) is 5.75 Å². The average molecular weight is 297 g/mol. The first kappa shape index (κ1) is 15.1. The first-order valence-electron chi connectivity index (χ1n) is 6.26. The van der Waals surface area contributed by atoms with Gasteiger partial charge in [0.2, 0.25) is 5.95 Å². The van der Waals surface area contributed by atoms with E-state index in [9.17, 15) is 13.2 Å². The average Bonchev–Trinajstić information content (AvgIpc) is 2.47. The molecule has 0 saturated heterocycles. The molecule has 1 aromatic heterocycles. The summed E-state index contributed by atoms with van der Waals surface area (Å²) in [5.41, 5.74) is -0.00299. The monoisotopic (exact) mass is 297 g/mol. The van der Waals surface area contributed by atoms with Crippen LogP contribution in [-0.2, 0) is 12.6 Å². The molecule has 7 heteroatoms. The van der Waals surface area contributed by atoms with Gasteiger partial charge in [-0.05, 0) is 24.1 Å². The van der Waals surface area contributed by atoms with Gasteiger partial charge in [-0.3, -0.25) is 0 Å². The van der Waals surface area contributed by atoms with Gasteiger partial charge in [0.25, 0.3) is 0 Å². The number of para-hydroxylation sites is 1. The second kappa shape index (κ2) is 6.43. The zero-order chi connectivity index (χ0) is 15.3. The van der Waals surface area contributed by atoms with Crippen molar-refractivity contribution in [3.05, 3.63) is 47.8 Å². The SMILES string of the molecule is COc1ccccc1CCNc1nccc(C(F)(F)F)n1. The van der Waals surface area contributed by atoms with E-state index in [4.69, 9.17) is 4.74 Å². The van der Waals surface area contributed by atoms with Gasteiger partial charge in [-0.1, -0.05) is 18.2 Å². The number of hydrogen-bond donors (Lipinski definition) is 1. The highest BCUT2D eigenvalue weighted by Gasteiger charge is 2.32. The molecule has 0 aliphatic heterocycles. The number of aromatic nitrogens is 2. The molecule has 0 bridgehead atoms. The van der Waals surface area contributed by atoms with Crippen LogP contribution in [0.15, 0.2) is 36.5 Å².